The van der Waals surface area contributed by atoms with E-state index < -0.39 is 0 Å². The van der Waals surface area contributed by atoms with E-state index >= 15 is 0 Å². The predicted molar refractivity (Wildman–Crippen MR) is 102 cm³/mol. The molecular formula is C16H8Cl6O. The molecule has 120 valence electrons. The van der Waals surface area contributed by atoms with Crippen molar-refractivity contribution in [3.8, 4) is 0 Å². The Bertz CT molecular complexity index is 671. The first-order chi connectivity index (χ1) is 10.9. The van der Waals surface area contributed by atoms with Crippen molar-refractivity contribution in [3.05, 3.63) is 78.1 Å². The van der Waals surface area contributed by atoms with Crippen LogP contribution >= 0.6 is 69.6 Å². The first kappa shape index (κ1) is 18.8. The van der Waals surface area contributed by atoms with Crippen LogP contribution in [0.2, 0.25) is 30.1 Å². The van der Waals surface area contributed by atoms with Gasteiger partial charge in [-0.15, -0.1) is 0 Å². The van der Waals surface area contributed by atoms with E-state index in [1.165, 1.54) is 12.5 Å². The van der Waals surface area contributed by atoms with Gasteiger partial charge in [-0.1, -0.05) is 69.6 Å². The minimum absolute atomic E-state index is 0.426. The molecule has 0 amide bonds. The summed E-state index contributed by atoms with van der Waals surface area (Å²) in [6.45, 7) is 0. The van der Waals surface area contributed by atoms with Crippen molar-refractivity contribution in [1.82, 2.24) is 0 Å². The van der Waals surface area contributed by atoms with Gasteiger partial charge in [0.15, 0.2) is 0 Å². The maximum Gasteiger partial charge on any atom is 0.0908 e. The van der Waals surface area contributed by atoms with Crippen LogP contribution in [-0.2, 0) is 4.74 Å². The van der Waals surface area contributed by atoms with Gasteiger partial charge in [-0.3, -0.25) is 0 Å². The summed E-state index contributed by atoms with van der Waals surface area (Å²) in [4.78, 5) is 0. The van der Waals surface area contributed by atoms with Crippen LogP contribution in [0.15, 0.2) is 36.8 Å². The van der Waals surface area contributed by atoms with Crippen molar-refractivity contribution < 1.29 is 4.74 Å². The Morgan fingerprint density at radius 1 is 0.565 bits per heavy atom. The summed E-state index contributed by atoms with van der Waals surface area (Å²) in [6, 6.07) is 6.38. The Labute approximate surface area is 164 Å². The fourth-order valence-electron chi connectivity index (χ4n) is 1.69. The average molecular weight is 429 g/mol. The maximum atomic E-state index is 6.06. The Hall–Kier alpha value is -0.540. The number of hydrogen-bond donors (Lipinski definition) is 0. The molecule has 0 N–H and O–H groups in total. The second kappa shape index (κ2) is 8.53. The highest BCUT2D eigenvalue weighted by Gasteiger charge is 2.05. The van der Waals surface area contributed by atoms with Crippen LogP contribution < -0.4 is 0 Å². The monoisotopic (exact) mass is 426 g/mol. The molecule has 2 rings (SSSR count). The SMILES string of the molecule is Clc1cc(Cl)c(C=COC=Cc2c(Cl)cc(Cl)cc2Cl)c(Cl)c1. The van der Waals surface area contributed by atoms with Crippen LogP contribution in [0.4, 0.5) is 0 Å². The quantitative estimate of drug-likeness (QED) is 0.445. The van der Waals surface area contributed by atoms with Gasteiger partial charge in [0.25, 0.3) is 0 Å². The van der Waals surface area contributed by atoms with Crippen LogP contribution in [0.1, 0.15) is 11.1 Å². The molecule has 0 spiro atoms. The van der Waals surface area contributed by atoms with Gasteiger partial charge in [0.1, 0.15) is 0 Å². The summed E-state index contributed by atoms with van der Waals surface area (Å²) in [6.07, 6.45) is 6.09. The van der Waals surface area contributed by atoms with Gasteiger partial charge in [0.2, 0.25) is 0 Å². The molecule has 0 unspecified atom stereocenters. The van der Waals surface area contributed by atoms with E-state index in [1.54, 1.807) is 36.4 Å². The molecule has 0 saturated heterocycles. The van der Waals surface area contributed by atoms with Crippen molar-refractivity contribution in [2.24, 2.45) is 0 Å². The highest BCUT2D eigenvalue weighted by Crippen LogP contribution is 2.31. The Balaban J connectivity index is 2.08. The van der Waals surface area contributed by atoms with Crippen LogP contribution in [0.3, 0.4) is 0 Å². The Morgan fingerprint density at radius 3 is 1.17 bits per heavy atom. The number of rotatable bonds is 4. The third kappa shape index (κ3) is 5.22. The molecule has 0 aliphatic heterocycles. The van der Waals surface area contributed by atoms with E-state index in [4.69, 9.17) is 74.3 Å². The summed E-state index contributed by atoms with van der Waals surface area (Å²) in [5.74, 6) is 0. The lowest BCUT2D eigenvalue weighted by atomic mass is 10.2. The summed E-state index contributed by atoms with van der Waals surface area (Å²) < 4.78 is 5.26. The van der Waals surface area contributed by atoms with Gasteiger partial charge in [-0.25, -0.2) is 0 Å². The van der Waals surface area contributed by atoms with Crippen LogP contribution in [-0.4, -0.2) is 0 Å². The number of halogens is 6. The molecule has 23 heavy (non-hydrogen) atoms. The number of benzene rings is 2. The second-order valence-corrected chi connectivity index (χ2v) is 6.81. The lowest BCUT2D eigenvalue weighted by molar-refractivity contribution is 0.410. The zero-order valence-electron chi connectivity index (χ0n) is 11.3. The largest absolute Gasteiger partial charge is 0.473 e. The lowest BCUT2D eigenvalue weighted by Crippen LogP contribution is -1.80. The van der Waals surface area contributed by atoms with E-state index in [2.05, 4.69) is 0 Å². The van der Waals surface area contributed by atoms with Gasteiger partial charge in [0.05, 0.1) is 32.6 Å². The van der Waals surface area contributed by atoms with Crippen LogP contribution in [0, 0.1) is 0 Å². The standard InChI is InChI=1S/C16H8Cl6O/c17-9-5-13(19)11(14(20)6-9)1-3-23-4-2-12-15(21)7-10(18)8-16(12)22/h1-8H. The molecule has 0 fully saturated rings. The Kier molecular flexibility index (Phi) is 6.97. The third-order valence-electron chi connectivity index (χ3n) is 2.71. The summed E-state index contributed by atoms with van der Waals surface area (Å²) in [5.41, 5.74) is 1.21. The predicted octanol–water partition coefficient (Wildman–Crippen LogP) is 8.27. The minimum atomic E-state index is 0.426. The van der Waals surface area contributed by atoms with Gasteiger partial charge >= 0.3 is 0 Å². The molecule has 0 saturated carbocycles. The molecule has 0 atom stereocenters. The van der Waals surface area contributed by atoms with E-state index in [0.29, 0.717) is 41.3 Å². The summed E-state index contributed by atoms with van der Waals surface area (Å²) in [7, 11) is 0. The first-order valence-corrected chi connectivity index (χ1v) is 8.43. The molecule has 7 heteroatoms. The lowest BCUT2D eigenvalue weighted by Gasteiger charge is -2.03. The van der Waals surface area contributed by atoms with Gasteiger partial charge < -0.3 is 4.74 Å². The van der Waals surface area contributed by atoms with E-state index in [9.17, 15) is 0 Å². The van der Waals surface area contributed by atoms with Gasteiger partial charge in [-0.05, 0) is 36.4 Å². The van der Waals surface area contributed by atoms with Gasteiger partial charge in [0, 0.05) is 21.2 Å². The fraction of sp³-hybridized carbons (Fsp3) is 0. The molecule has 2 aromatic carbocycles. The highest BCUT2D eigenvalue weighted by atomic mass is 35.5. The van der Waals surface area contributed by atoms with E-state index in [1.807, 2.05) is 0 Å². The topological polar surface area (TPSA) is 9.23 Å². The van der Waals surface area contributed by atoms with Crippen molar-refractivity contribution in [2.75, 3.05) is 0 Å². The zero-order valence-corrected chi connectivity index (χ0v) is 15.8. The molecular weight excluding hydrogens is 421 g/mol. The van der Waals surface area contributed by atoms with Crippen molar-refractivity contribution >= 4 is 81.8 Å². The summed E-state index contributed by atoms with van der Waals surface area (Å²) >= 11 is 35.9. The molecule has 1 nitrogen and oxygen atoms in total. The number of ether oxygens (including phenoxy) is 1. The van der Waals surface area contributed by atoms with Crippen LogP contribution in [0.5, 0.6) is 0 Å². The van der Waals surface area contributed by atoms with Crippen molar-refractivity contribution in [1.29, 1.82) is 0 Å². The third-order valence-corrected chi connectivity index (χ3v) is 4.40. The first-order valence-electron chi connectivity index (χ1n) is 6.16. The highest BCUT2D eigenvalue weighted by molar-refractivity contribution is 6.40. The second-order valence-electron chi connectivity index (χ2n) is 4.31. The smallest absolute Gasteiger partial charge is 0.0908 e. The molecule has 0 aromatic heterocycles. The fourth-order valence-corrected chi connectivity index (χ4v) is 3.57. The average Bonchev–Trinajstić information content (AvgIpc) is 2.42. The molecule has 0 radical (unpaired) electrons. The number of hydrogen-bond acceptors (Lipinski definition) is 1. The minimum Gasteiger partial charge on any atom is -0.473 e. The summed E-state index contributed by atoms with van der Waals surface area (Å²) in [5, 5.41) is 2.63. The van der Waals surface area contributed by atoms with Gasteiger partial charge in [-0.2, -0.15) is 0 Å². The normalized spacial score (nSPS) is 11.6. The van der Waals surface area contributed by atoms with Crippen LogP contribution in [0.25, 0.3) is 12.2 Å². The Morgan fingerprint density at radius 2 is 0.870 bits per heavy atom. The molecule has 0 aliphatic carbocycles. The van der Waals surface area contributed by atoms with E-state index in [-0.39, 0.29) is 0 Å². The molecule has 0 bridgehead atoms. The van der Waals surface area contributed by atoms with E-state index in [0.717, 1.165) is 0 Å². The molecule has 0 aliphatic rings. The maximum absolute atomic E-state index is 6.06. The molecule has 0 heterocycles. The molecule has 2 aromatic rings. The van der Waals surface area contributed by atoms with Crippen molar-refractivity contribution in [2.45, 2.75) is 0 Å². The van der Waals surface area contributed by atoms with Crippen molar-refractivity contribution in [3.63, 3.8) is 0 Å². The zero-order chi connectivity index (χ0) is 17.0.